The van der Waals surface area contributed by atoms with Gasteiger partial charge >= 0.3 is 5.97 Å². The topological polar surface area (TPSA) is 105 Å². The highest BCUT2D eigenvalue weighted by Gasteiger charge is 2.48. The number of aliphatic hydroxyl groups is 3. The molecule has 3 rings (SSSR count). The molecule has 4 atom stereocenters. The lowest BCUT2D eigenvalue weighted by molar-refractivity contribution is -0.134. The van der Waals surface area contributed by atoms with Gasteiger partial charge in [-0.2, -0.15) is 0 Å². The first-order valence-electron chi connectivity index (χ1n) is 7.91. The van der Waals surface area contributed by atoms with E-state index in [1.165, 1.54) is 13.2 Å². The molecule has 0 radical (unpaired) electrons. The zero-order chi connectivity index (χ0) is 18.0. The minimum atomic E-state index is -1.29. The number of benzene rings is 1. The molecule has 0 amide bonds. The van der Waals surface area contributed by atoms with Gasteiger partial charge in [-0.3, -0.25) is 0 Å². The molecule has 2 aliphatic heterocycles. The third-order valence-corrected chi connectivity index (χ3v) is 4.31. The smallest absolute Gasteiger partial charge is 0.330 e. The lowest BCUT2D eigenvalue weighted by atomic mass is 9.96. The SMILES string of the molecule is COC(=O)/C=C(\CC1=C(O)C(O)[C@H]2OCC(O)C2O1)c1ccccc1. The number of methoxy groups -OCH3 is 1. The van der Waals surface area contributed by atoms with E-state index in [1.807, 2.05) is 30.3 Å². The van der Waals surface area contributed by atoms with Crippen molar-refractivity contribution in [3.8, 4) is 0 Å². The van der Waals surface area contributed by atoms with E-state index in [-0.39, 0.29) is 24.5 Å². The maximum Gasteiger partial charge on any atom is 0.330 e. The molecule has 1 saturated heterocycles. The number of allylic oxidation sites excluding steroid dienone is 1. The van der Waals surface area contributed by atoms with Gasteiger partial charge in [0.05, 0.1) is 13.7 Å². The third kappa shape index (κ3) is 3.53. The van der Waals surface area contributed by atoms with Crippen molar-refractivity contribution in [2.45, 2.75) is 30.8 Å². The summed E-state index contributed by atoms with van der Waals surface area (Å²) in [5.41, 5.74) is 1.30. The molecular weight excluding hydrogens is 328 g/mol. The monoisotopic (exact) mass is 348 g/mol. The Morgan fingerprint density at radius 2 is 2.00 bits per heavy atom. The predicted molar refractivity (Wildman–Crippen MR) is 87.3 cm³/mol. The van der Waals surface area contributed by atoms with Crippen molar-refractivity contribution in [2.75, 3.05) is 13.7 Å². The summed E-state index contributed by atoms with van der Waals surface area (Å²) in [6.07, 6.45) is -2.41. The van der Waals surface area contributed by atoms with E-state index in [0.717, 1.165) is 5.56 Å². The quantitative estimate of drug-likeness (QED) is 0.549. The van der Waals surface area contributed by atoms with Crippen molar-refractivity contribution in [1.82, 2.24) is 0 Å². The second kappa shape index (κ2) is 7.26. The second-order valence-corrected chi connectivity index (χ2v) is 5.94. The number of aliphatic hydroxyl groups excluding tert-OH is 3. The Bertz CT molecular complexity index is 695. The van der Waals surface area contributed by atoms with Gasteiger partial charge in [-0.05, 0) is 11.1 Å². The van der Waals surface area contributed by atoms with E-state index in [2.05, 4.69) is 4.74 Å². The van der Waals surface area contributed by atoms with E-state index in [9.17, 15) is 20.1 Å². The van der Waals surface area contributed by atoms with Gasteiger partial charge in [0.25, 0.3) is 0 Å². The summed E-state index contributed by atoms with van der Waals surface area (Å²) in [7, 11) is 1.27. The van der Waals surface area contributed by atoms with E-state index < -0.39 is 30.4 Å². The van der Waals surface area contributed by atoms with E-state index in [1.54, 1.807) is 0 Å². The molecule has 1 fully saturated rings. The predicted octanol–water partition coefficient (Wildman–Crippen LogP) is 0.922. The van der Waals surface area contributed by atoms with Crippen molar-refractivity contribution in [1.29, 1.82) is 0 Å². The molecule has 134 valence electrons. The van der Waals surface area contributed by atoms with Gasteiger partial charge in [-0.25, -0.2) is 4.79 Å². The summed E-state index contributed by atoms with van der Waals surface area (Å²) in [5.74, 6) is -0.809. The summed E-state index contributed by atoms with van der Waals surface area (Å²) in [6, 6.07) is 9.09. The maximum absolute atomic E-state index is 11.7. The third-order valence-electron chi connectivity index (χ3n) is 4.31. The van der Waals surface area contributed by atoms with Gasteiger partial charge in [-0.1, -0.05) is 30.3 Å². The van der Waals surface area contributed by atoms with Crippen LogP contribution in [-0.4, -0.2) is 59.4 Å². The highest BCUT2D eigenvalue weighted by Crippen LogP contribution is 2.35. The molecule has 25 heavy (non-hydrogen) atoms. The van der Waals surface area contributed by atoms with Crippen LogP contribution in [0.15, 0.2) is 47.9 Å². The first-order chi connectivity index (χ1) is 12.0. The van der Waals surface area contributed by atoms with E-state index in [4.69, 9.17) is 9.47 Å². The molecular formula is C18H20O7. The van der Waals surface area contributed by atoms with Crippen LogP contribution in [0, 0.1) is 0 Å². The Labute approximate surface area is 144 Å². The van der Waals surface area contributed by atoms with Crippen LogP contribution in [0.2, 0.25) is 0 Å². The highest BCUT2D eigenvalue weighted by atomic mass is 16.6. The fourth-order valence-electron chi connectivity index (χ4n) is 2.97. The van der Waals surface area contributed by atoms with Crippen LogP contribution in [0.4, 0.5) is 0 Å². The van der Waals surface area contributed by atoms with Crippen LogP contribution in [-0.2, 0) is 19.0 Å². The molecule has 1 aromatic carbocycles. The van der Waals surface area contributed by atoms with Crippen LogP contribution in [0.5, 0.6) is 0 Å². The fourth-order valence-corrected chi connectivity index (χ4v) is 2.97. The Hall–Kier alpha value is -2.35. The largest absolute Gasteiger partial charge is 0.506 e. The van der Waals surface area contributed by atoms with Crippen LogP contribution >= 0.6 is 0 Å². The molecule has 0 aromatic heterocycles. The molecule has 1 aromatic rings. The van der Waals surface area contributed by atoms with Crippen molar-refractivity contribution < 1.29 is 34.3 Å². The zero-order valence-corrected chi connectivity index (χ0v) is 13.7. The molecule has 0 aliphatic carbocycles. The van der Waals surface area contributed by atoms with Crippen LogP contribution in [0.1, 0.15) is 12.0 Å². The zero-order valence-electron chi connectivity index (χ0n) is 13.7. The number of rotatable bonds is 4. The van der Waals surface area contributed by atoms with E-state index >= 15 is 0 Å². The number of carbonyl (C=O) groups excluding carboxylic acids is 1. The second-order valence-electron chi connectivity index (χ2n) is 5.94. The Morgan fingerprint density at radius 3 is 2.68 bits per heavy atom. The van der Waals surface area contributed by atoms with Gasteiger partial charge in [0.1, 0.15) is 24.1 Å². The molecule has 3 unspecified atom stereocenters. The first-order valence-corrected chi connectivity index (χ1v) is 7.91. The average molecular weight is 348 g/mol. The van der Waals surface area contributed by atoms with Gasteiger partial charge in [0, 0.05) is 12.5 Å². The van der Waals surface area contributed by atoms with Crippen LogP contribution < -0.4 is 0 Å². The van der Waals surface area contributed by atoms with Crippen LogP contribution in [0.25, 0.3) is 5.57 Å². The number of carbonyl (C=O) groups is 1. The molecule has 7 heteroatoms. The van der Waals surface area contributed by atoms with Crippen molar-refractivity contribution >= 4 is 11.5 Å². The Balaban J connectivity index is 1.91. The normalized spacial score (nSPS) is 29.2. The first kappa shape index (κ1) is 17.5. The molecule has 2 aliphatic rings. The summed E-state index contributed by atoms with van der Waals surface area (Å²) >= 11 is 0. The molecule has 0 bridgehead atoms. The number of fused-ring (bicyclic) bond motifs is 1. The standard InChI is InChI=1S/C18H20O7/c1-23-14(20)8-11(10-5-3-2-4-6-10)7-13-15(21)16(22)18-17(25-13)12(19)9-24-18/h2-6,8,12,16-19,21-22H,7,9H2,1H3/b11-8+/t12?,16?,17?,18-/m1/s1. The molecule has 0 saturated carbocycles. The van der Waals surface area contributed by atoms with E-state index in [0.29, 0.717) is 5.57 Å². The molecule has 2 heterocycles. The summed E-state index contributed by atoms with van der Waals surface area (Å²) < 4.78 is 15.6. The lowest BCUT2D eigenvalue weighted by Crippen LogP contribution is -2.45. The number of ether oxygens (including phenoxy) is 3. The summed E-state index contributed by atoms with van der Waals surface area (Å²) in [6.45, 7) is 0.0243. The summed E-state index contributed by atoms with van der Waals surface area (Å²) in [5, 5.41) is 30.4. The Kier molecular flexibility index (Phi) is 5.08. The average Bonchev–Trinajstić information content (AvgIpc) is 3.00. The van der Waals surface area contributed by atoms with Crippen molar-refractivity contribution in [2.24, 2.45) is 0 Å². The fraction of sp³-hybridized carbons (Fsp3) is 0.389. The van der Waals surface area contributed by atoms with Gasteiger partial charge < -0.3 is 29.5 Å². The minimum Gasteiger partial charge on any atom is -0.506 e. The molecule has 3 N–H and O–H groups in total. The Morgan fingerprint density at radius 1 is 1.28 bits per heavy atom. The minimum absolute atomic E-state index is 0.0243. The van der Waals surface area contributed by atoms with Gasteiger partial charge in [-0.15, -0.1) is 0 Å². The van der Waals surface area contributed by atoms with Gasteiger partial charge in [0.15, 0.2) is 11.9 Å². The summed E-state index contributed by atoms with van der Waals surface area (Å²) in [4.78, 5) is 11.7. The molecule has 0 spiro atoms. The number of hydrogen-bond donors (Lipinski definition) is 3. The molecule has 7 nitrogen and oxygen atoms in total. The maximum atomic E-state index is 11.7. The lowest BCUT2D eigenvalue weighted by Gasteiger charge is -2.32. The number of hydrogen-bond acceptors (Lipinski definition) is 7. The van der Waals surface area contributed by atoms with Crippen LogP contribution in [0.3, 0.4) is 0 Å². The van der Waals surface area contributed by atoms with Crippen molar-refractivity contribution in [3.05, 3.63) is 53.5 Å². The van der Waals surface area contributed by atoms with Crippen molar-refractivity contribution in [3.63, 3.8) is 0 Å². The van der Waals surface area contributed by atoms with Gasteiger partial charge in [0.2, 0.25) is 0 Å². The number of esters is 1. The highest BCUT2D eigenvalue weighted by molar-refractivity contribution is 5.91.